The normalized spacial score (nSPS) is 11.2. The molecule has 0 aliphatic carbocycles. The summed E-state index contributed by atoms with van der Waals surface area (Å²) in [6, 6.07) is 4.32. The molecule has 1 aromatic heterocycles. The Labute approximate surface area is 96.3 Å². The van der Waals surface area contributed by atoms with Crippen molar-refractivity contribution in [3.05, 3.63) is 29.1 Å². The summed E-state index contributed by atoms with van der Waals surface area (Å²) in [7, 11) is 0. The lowest BCUT2D eigenvalue weighted by Crippen LogP contribution is -2.14. The van der Waals surface area contributed by atoms with Crippen LogP contribution in [0, 0.1) is 13.8 Å². The van der Waals surface area contributed by atoms with Gasteiger partial charge >= 0.3 is 0 Å². The molecule has 0 fully saturated rings. The number of aryl methyl sites for hydroxylation is 2. The van der Waals surface area contributed by atoms with E-state index >= 15 is 0 Å². The first kappa shape index (κ1) is 11.1. The molecule has 16 heavy (non-hydrogen) atoms. The van der Waals surface area contributed by atoms with Crippen molar-refractivity contribution in [1.29, 1.82) is 0 Å². The number of hydrogen-bond donors (Lipinski definition) is 2. The van der Waals surface area contributed by atoms with Crippen molar-refractivity contribution in [2.75, 3.05) is 6.54 Å². The van der Waals surface area contributed by atoms with Gasteiger partial charge in [0, 0.05) is 0 Å². The van der Waals surface area contributed by atoms with E-state index < -0.39 is 0 Å². The van der Waals surface area contributed by atoms with Gasteiger partial charge in [0.1, 0.15) is 5.82 Å². The second-order valence-corrected chi connectivity index (χ2v) is 4.34. The third-order valence-corrected chi connectivity index (χ3v) is 2.69. The zero-order valence-corrected chi connectivity index (χ0v) is 10.2. The number of aromatic amines is 1. The van der Waals surface area contributed by atoms with Crippen molar-refractivity contribution in [3.8, 4) is 0 Å². The maximum Gasteiger partial charge on any atom is 0.121 e. The largest absolute Gasteiger partial charge is 0.341 e. The number of imidazole rings is 1. The summed E-state index contributed by atoms with van der Waals surface area (Å²) in [6.07, 6.45) is 1.15. The van der Waals surface area contributed by atoms with Gasteiger partial charge in [-0.1, -0.05) is 13.0 Å². The number of hydrogen-bond acceptors (Lipinski definition) is 2. The Morgan fingerprint density at radius 2 is 2.12 bits per heavy atom. The van der Waals surface area contributed by atoms with Gasteiger partial charge in [-0.3, -0.25) is 0 Å². The highest BCUT2D eigenvalue weighted by atomic mass is 15.0. The lowest BCUT2D eigenvalue weighted by atomic mass is 10.1. The van der Waals surface area contributed by atoms with Gasteiger partial charge in [-0.2, -0.15) is 0 Å². The van der Waals surface area contributed by atoms with E-state index in [2.05, 4.69) is 48.2 Å². The molecule has 86 valence electrons. The molecule has 2 aromatic rings. The van der Waals surface area contributed by atoms with Gasteiger partial charge in [-0.25, -0.2) is 4.98 Å². The molecule has 0 bridgehead atoms. The molecule has 0 amide bonds. The lowest BCUT2D eigenvalue weighted by molar-refractivity contribution is 0.656. The molecule has 2 N–H and O–H groups in total. The highest BCUT2D eigenvalue weighted by Crippen LogP contribution is 2.18. The van der Waals surface area contributed by atoms with Crippen LogP contribution in [-0.2, 0) is 6.54 Å². The van der Waals surface area contributed by atoms with Crippen LogP contribution in [0.15, 0.2) is 12.1 Å². The van der Waals surface area contributed by atoms with E-state index in [4.69, 9.17) is 0 Å². The molecule has 0 spiro atoms. The molecule has 0 saturated heterocycles. The highest BCUT2D eigenvalue weighted by molar-refractivity contribution is 5.79. The number of rotatable bonds is 4. The number of aromatic nitrogens is 2. The zero-order valence-electron chi connectivity index (χ0n) is 10.2. The topological polar surface area (TPSA) is 40.7 Å². The van der Waals surface area contributed by atoms with Gasteiger partial charge in [0.05, 0.1) is 17.6 Å². The van der Waals surface area contributed by atoms with Crippen molar-refractivity contribution >= 4 is 11.0 Å². The van der Waals surface area contributed by atoms with Crippen LogP contribution in [0.1, 0.15) is 30.3 Å². The Morgan fingerprint density at radius 3 is 2.88 bits per heavy atom. The summed E-state index contributed by atoms with van der Waals surface area (Å²) in [5, 5.41) is 3.35. The Morgan fingerprint density at radius 1 is 1.31 bits per heavy atom. The van der Waals surface area contributed by atoms with Crippen LogP contribution in [0.5, 0.6) is 0 Å². The lowest BCUT2D eigenvalue weighted by Gasteiger charge is -1.97. The van der Waals surface area contributed by atoms with Gasteiger partial charge in [-0.05, 0) is 44.0 Å². The summed E-state index contributed by atoms with van der Waals surface area (Å²) in [5.41, 5.74) is 4.76. The highest BCUT2D eigenvalue weighted by Gasteiger charge is 2.05. The number of nitrogens with one attached hydrogen (secondary N) is 2. The zero-order chi connectivity index (χ0) is 11.5. The average Bonchev–Trinajstić information content (AvgIpc) is 2.61. The third-order valence-electron chi connectivity index (χ3n) is 2.69. The first-order chi connectivity index (χ1) is 7.70. The molecular formula is C13H19N3. The molecule has 0 aliphatic rings. The predicted octanol–water partition coefficient (Wildman–Crippen LogP) is 2.68. The monoisotopic (exact) mass is 217 g/mol. The van der Waals surface area contributed by atoms with Crippen molar-refractivity contribution in [2.45, 2.75) is 33.7 Å². The Bertz CT molecular complexity index is 485. The minimum Gasteiger partial charge on any atom is -0.341 e. The van der Waals surface area contributed by atoms with Crippen LogP contribution in [0.2, 0.25) is 0 Å². The second-order valence-electron chi connectivity index (χ2n) is 4.34. The van der Waals surface area contributed by atoms with Crippen LogP contribution in [0.25, 0.3) is 11.0 Å². The maximum atomic E-state index is 4.61. The quantitative estimate of drug-likeness (QED) is 0.773. The van der Waals surface area contributed by atoms with Gasteiger partial charge in [0.25, 0.3) is 0 Å². The molecule has 0 unspecified atom stereocenters. The smallest absolute Gasteiger partial charge is 0.121 e. The molecular weight excluding hydrogens is 198 g/mol. The molecule has 3 heteroatoms. The van der Waals surface area contributed by atoms with E-state index in [0.717, 1.165) is 36.4 Å². The standard InChI is InChI=1S/C13H19N3/c1-4-5-14-8-12-15-11-7-9(2)6-10(3)13(11)16-12/h6-7,14H,4-5,8H2,1-3H3,(H,15,16). The first-order valence-electron chi connectivity index (χ1n) is 5.87. The maximum absolute atomic E-state index is 4.61. The SMILES string of the molecule is CCCNCc1nc2c(C)cc(C)cc2[nH]1. The average molecular weight is 217 g/mol. The summed E-state index contributed by atoms with van der Waals surface area (Å²) in [6.45, 7) is 8.25. The van der Waals surface area contributed by atoms with Crippen molar-refractivity contribution in [2.24, 2.45) is 0 Å². The van der Waals surface area contributed by atoms with Gasteiger partial charge in [0.2, 0.25) is 0 Å². The molecule has 2 rings (SSSR count). The second kappa shape index (κ2) is 4.66. The van der Waals surface area contributed by atoms with Crippen LogP contribution in [-0.4, -0.2) is 16.5 Å². The van der Waals surface area contributed by atoms with Crippen molar-refractivity contribution in [3.63, 3.8) is 0 Å². The van der Waals surface area contributed by atoms with E-state index in [1.54, 1.807) is 0 Å². The molecule has 0 aliphatic heterocycles. The number of fused-ring (bicyclic) bond motifs is 1. The minimum atomic E-state index is 0.820. The molecule has 1 heterocycles. The fourth-order valence-electron chi connectivity index (χ4n) is 1.99. The van der Waals surface area contributed by atoms with Gasteiger partial charge < -0.3 is 10.3 Å². The first-order valence-corrected chi connectivity index (χ1v) is 5.87. The van der Waals surface area contributed by atoms with E-state index in [1.807, 2.05) is 0 Å². The fraction of sp³-hybridized carbons (Fsp3) is 0.462. The van der Waals surface area contributed by atoms with E-state index in [1.165, 1.54) is 11.1 Å². The number of nitrogens with zero attached hydrogens (tertiary/aromatic N) is 1. The molecule has 1 aromatic carbocycles. The van der Waals surface area contributed by atoms with E-state index in [9.17, 15) is 0 Å². The Balaban J connectivity index is 2.26. The molecule has 0 saturated carbocycles. The third kappa shape index (κ3) is 2.25. The molecule has 3 nitrogen and oxygen atoms in total. The Hall–Kier alpha value is -1.35. The van der Waals surface area contributed by atoms with Gasteiger partial charge in [-0.15, -0.1) is 0 Å². The number of benzene rings is 1. The van der Waals surface area contributed by atoms with Crippen LogP contribution in [0.4, 0.5) is 0 Å². The van der Waals surface area contributed by atoms with Crippen LogP contribution in [0.3, 0.4) is 0 Å². The van der Waals surface area contributed by atoms with Crippen molar-refractivity contribution < 1.29 is 0 Å². The molecule has 0 radical (unpaired) electrons. The Kier molecular flexibility index (Phi) is 3.25. The van der Waals surface area contributed by atoms with E-state index in [0.29, 0.717) is 0 Å². The van der Waals surface area contributed by atoms with E-state index in [-0.39, 0.29) is 0 Å². The molecule has 0 atom stereocenters. The van der Waals surface area contributed by atoms with Gasteiger partial charge in [0.15, 0.2) is 0 Å². The predicted molar refractivity (Wildman–Crippen MR) is 67.6 cm³/mol. The summed E-state index contributed by atoms with van der Waals surface area (Å²) >= 11 is 0. The van der Waals surface area contributed by atoms with Crippen LogP contribution >= 0.6 is 0 Å². The van der Waals surface area contributed by atoms with Crippen LogP contribution < -0.4 is 5.32 Å². The summed E-state index contributed by atoms with van der Waals surface area (Å²) in [5.74, 6) is 1.03. The minimum absolute atomic E-state index is 0.820. The van der Waals surface area contributed by atoms with Crippen molar-refractivity contribution in [1.82, 2.24) is 15.3 Å². The summed E-state index contributed by atoms with van der Waals surface area (Å²) in [4.78, 5) is 7.97. The fourth-order valence-corrected chi connectivity index (χ4v) is 1.99. The summed E-state index contributed by atoms with van der Waals surface area (Å²) < 4.78 is 0. The number of H-pyrrole nitrogens is 1.